The molecule has 1 N–H and O–H groups in total. The van der Waals surface area contributed by atoms with Crippen LogP contribution in [0.25, 0.3) is 22.5 Å². The fourth-order valence-electron chi connectivity index (χ4n) is 2.64. The molecule has 0 bridgehead atoms. The van der Waals surface area contributed by atoms with E-state index in [-0.39, 0.29) is 11.7 Å². The quantitative estimate of drug-likeness (QED) is 0.573. The Kier molecular flexibility index (Phi) is 7.14. The predicted molar refractivity (Wildman–Crippen MR) is 114 cm³/mol. The van der Waals surface area contributed by atoms with Crippen molar-refractivity contribution >= 4 is 17.7 Å². The van der Waals surface area contributed by atoms with Crippen LogP contribution in [0.2, 0.25) is 0 Å². The summed E-state index contributed by atoms with van der Waals surface area (Å²) in [6.45, 7) is 4.97. The monoisotopic (exact) mass is 392 g/mol. The third kappa shape index (κ3) is 5.63. The first-order valence-corrected chi connectivity index (χ1v) is 10.4. The first-order chi connectivity index (χ1) is 13.6. The van der Waals surface area contributed by atoms with Crippen LogP contribution < -0.4 is 5.32 Å². The van der Waals surface area contributed by atoms with Crippen LogP contribution in [0.4, 0.5) is 0 Å². The zero-order chi connectivity index (χ0) is 19.8. The number of thioether (sulfide) groups is 1. The molecule has 0 saturated carbocycles. The molecular formula is C22H24N4OS. The zero-order valence-corrected chi connectivity index (χ0v) is 16.9. The maximum Gasteiger partial charge on any atom is 0.230 e. The molecule has 144 valence electrons. The molecule has 0 aliphatic rings. The molecule has 0 unspecified atom stereocenters. The van der Waals surface area contributed by atoms with Gasteiger partial charge in [-0.25, -0.2) is 4.98 Å². The van der Waals surface area contributed by atoms with Gasteiger partial charge in [-0.2, -0.15) is 0 Å². The average molecular weight is 393 g/mol. The third-order valence-electron chi connectivity index (χ3n) is 4.14. The molecule has 3 aromatic rings. The highest BCUT2D eigenvalue weighted by Crippen LogP contribution is 2.29. The largest absolute Gasteiger partial charge is 0.355 e. The minimum Gasteiger partial charge on any atom is -0.355 e. The van der Waals surface area contributed by atoms with Crippen molar-refractivity contribution in [2.45, 2.75) is 25.4 Å². The first-order valence-electron chi connectivity index (χ1n) is 9.38. The SMILES string of the molecule is CC(C)CCNC(=O)CSc1nnc(-c2ccccc2)c(-c2ccccc2)n1. The number of rotatable bonds is 8. The summed E-state index contributed by atoms with van der Waals surface area (Å²) in [6.07, 6.45) is 0.971. The molecule has 0 aliphatic heterocycles. The van der Waals surface area contributed by atoms with Gasteiger partial charge in [-0.3, -0.25) is 4.79 Å². The summed E-state index contributed by atoms with van der Waals surface area (Å²) in [5.41, 5.74) is 3.44. The van der Waals surface area contributed by atoms with Crippen molar-refractivity contribution in [2.75, 3.05) is 12.3 Å². The molecule has 1 heterocycles. The lowest BCUT2D eigenvalue weighted by Crippen LogP contribution is -2.27. The number of aromatic nitrogens is 3. The fourth-order valence-corrected chi connectivity index (χ4v) is 3.26. The van der Waals surface area contributed by atoms with Crippen molar-refractivity contribution in [3.8, 4) is 22.5 Å². The van der Waals surface area contributed by atoms with E-state index in [1.54, 1.807) is 0 Å². The lowest BCUT2D eigenvalue weighted by Gasteiger charge is -2.10. The topological polar surface area (TPSA) is 67.8 Å². The highest BCUT2D eigenvalue weighted by molar-refractivity contribution is 7.99. The minimum absolute atomic E-state index is 0.0114. The summed E-state index contributed by atoms with van der Waals surface area (Å²) in [5, 5.41) is 12.1. The smallest absolute Gasteiger partial charge is 0.230 e. The van der Waals surface area contributed by atoms with E-state index in [1.165, 1.54) is 11.8 Å². The lowest BCUT2D eigenvalue weighted by molar-refractivity contribution is -0.118. The van der Waals surface area contributed by atoms with Crippen LogP contribution in [0.1, 0.15) is 20.3 Å². The summed E-state index contributed by atoms with van der Waals surface area (Å²) >= 11 is 1.30. The second-order valence-electron chi connectivity index (χ2n) is 6.84. The van der Waals surface area contributed by atoms with E-state index in [9.17, 15) is 4.79 Å². The molecule has 0 fully saturated rings. The van der Waals surface area contributed by atoms with Gasteiger partial charge in [0.15, 0.2) is 0 Å². The number of hydrogen-bond acceptors (Lipinski definition) is 5. The van der Waals surface area contributed by atoms with Gasteiger partial charge in [0.2, 0.25) is 11.1 Å². The van der Waals surface area contributed by atoms with Crippen molar-refractivity contribution in [1.29, 1.82) is 0 Å². The molecule has 1 amide bonds. The van der Waals surface area contributed by atoms with Gasteiger partial charge in [0, 0.05) is 17.7 Å². The lowest BCUT2D eigenvalue weighted by atomic mass is 10.0. The standard InChI is InChI=1S/C22H24N4OS/c1-16(2)13-14-23-19(27)15-28-22-24-20(17-9-5-3-6-10-17)21(25-26-22)18-11-7-4-8-12-18/h3-12,16H,13-15H2,1-2H3,(H,23,27). The van der Waals surface area contributed by atoms with Gasteiger partial charge in [-0.15, -0.1) is 10.2 Å². The average Bonchev–Trinajstić information content (AvgIpc) is 2.73. The molecule has 3 rings (SSSR count). The third-order valence-corrected chi connectivity index (χ3v) is 4.98. The van der Waals surface area contributed by atoms with Crippen LogP contribution in [-0.2, 0) is 4.79 Å². The fraction of sp³-hybridized carbons (Fsp3) is 0.273. The molecule has 28 heavy (non-hydrogen) atoms. The van der Waals surface area contributed by atoms with Crippen molar-refractivity contribution in [3.05, 3.63) is 60.7 Å². The van der Waals surface area contributed by atoms with E-state index in [0.29, 0.717) is 17.6 Å². The second-order valence-corrected chi connectivity index (χ2v) is 7.79. The molecule has 0 aliphatic carbocycles. The maximum absolute atomic E-state index is 12.0. The molecule has 1 aromatic heterocycles. The van der Waals surface area contributed by atoms with Crippen LogP contribution in [-0.4, -0.2) is 33.4 Å². The number of amides is 1. The molecule has 0 radical (unpaired) electrons. The van der Waals surface area contributed by atoms with Gasteiger partial charge in [0.1, 0.15) is 11.4 Å². The number of nitrogens with one attached hydrogen (secondary N) is 1. The Morgan fingerprint density at radius 3 is 2.14 bits per heavy atom. The van der Waals surface area contributed by atoms with Crippen LogP contribution >= 0.6 is 11.8 Å². The van der Waals surface area contributed by atoms with E-state index >= 15 is 0 Å². The van der Waals surface area contributed by atoms with Crippen LogP contribution in [0, 0.1) is 5.92 Å². The van der Waals surface area contributed by atoms with E-state index in [4.69, 9.17) is 4.98 Å². The summed E-state index contributed by atoms with van der Waals surface area (Å²) in [6, 6.07) is 19.8. The number of nitrogens with zero attached hydrogens (tertiary/aromatic N) is 3. The molecule has 0 spiro atoms. The Hall–Kier alpha value is -2.73. The summed E-state index contributed by atoms with van der Waals surface area (Å²) in [7, 11) is 0. The number of hydrogen-bond donors (Lipinski definition) is 1. The van der Waals surface area contributed by atoms with E-state index in [1.807, 2.05) is 60.7 Å². The minimum atomic E-state index is -0.0114. The Morgan fingerprint density at radius 2 is 1.54 bits per heavy atom. The predicted octanol–water partition coefficient (Wildman–Crippen LogP) is 4.46. The maximum atomic E-state index is 12.0. The van der Waals surface area contributed by atoms with E-state index in [2.05, 4.69) is 29.4 Å². The number of carbonyl (C=O) groups excluding carboxylic acids is 1. The molecular weight excluding hydrogens is 368 g/mol. The van der Waals surface area contributed by atoms with Crippen molar-refractivity contribution in [1.82, 2.24) is 20.5 Å². The molecule has 5 nitrogen and oxygen atoms in total. The highest BCUT2D eigenvalue weighted by atomic mass is 32.2. The highest BCUT2D eigenvalue weighted by Gasteiger charge is 2.14. The zero-order valence-electron chi connectivity index (χ0n) is 16.1. The van der Waals surface area contributed by atoms with Crippen molar-refractivity contribution < 1.29 is 4.79 Å². The van der Waals surface area contributed by atoms with Gasteiger partial charge in [0.05, 0.1) is 5.75 Å². The van der Waals surface area contributed by atoms with Crippen LogP contribution in [0.5, 0.6) is 0 Å². The van der Waals surface area contributed by atoms with E-state index in [0.717, 1.165) is 28.9 Å². The van der Waals surface area contributed by atoms with Crippen molar-refractivity contribution in [2.24, 2.45) is 5.92 Å². The summed E-state index contributed by atoms with van der Waals surface area (Å²) in [4.78, 5) is 16.7. The molecule has 2 aromatic carbocycles. The summed E-state index contributed by atoms with van der Waals surface area (Å²) < 4.78 is 0. The molecule has 0 atom stereocenters. The van der Waals surface area contributed by atoms with Crippen LogP contribution in [0.3, 0.4) is 0 Å². The molecule has 0 saturated heterocycles. The molecule has 6 heteroatoms. The van der Waals surface area contributed by atoms with Gasteiger partial charge >= 0.3 is 0 Å². The first kappa shape index (κ1) is 20.0. The Bertz CT molecular complexity index is 901. The Balaban J connectivity index is 1.78. The van der Waals surface area contributed by atoms with E-state index < -0.39 is 0 Å². The second kappa shape index (κ2) is 9.99. The Labute approximate surface area is 170 Å². The van der Waals surface area contributed by atoms with Crippen LogP contribution in [0.15, 0.2) is 65.8 Å². The van der Waals surface area contributed by atoms with Gasteiger partial charge in [0.25, 0.3) is 0 Å². The Morgan fingerprint density at radius 1 is 0.929 bits per heavy atom. The van der Waals surface area contributed by atoms with Gasteiger partial charge < -0.3 is 5.32 Å². The van der Waals surface area contributed by atoms with Crippen molar-refractivity contribution in [3.63, 3.8) is 0 Å². The number of benzene rings is 2. The normalized spacial score (nSPS) is 10.8. The van der Waals surface area contributed by atoms with Gasteiger partial charge in [-0.1, -0.05) is 86.3 Å². The summed E-state index contributed by atoms with van der Waals surface area (Å²) in [5.74, 6) is 0.834. The number of carbonyl (C=O) groups is 1. The van der Waals surface area contributed by atoms with Gasteiger partial charge in [-0.05, 0) is 12.3 Å².